The van der Waals surface area contributed by atoms with Crippen molar-refractivity contribution in [3.05, 3.63) is 14.7 Å². The van der Waals surface area contributed by atoms with Crippen LogP contribution in [-0.4, -0.2) is 26.7 Å². The van der Waals surface area contributed by atoms with Crippen molar-refractivity contribution in [2.45, 2.75) is 49.8 Å². The van der Waals surface area contributed by atoms with E-state index in [9.17, 15) is 8.42 Å². The van der Waals surface area contributed by atoms with Crippen molar-refractivity contribution in [3.8, 4) is 0 Å². The van der Waals surface area contributed by atoms with E-state index in [0.29, 0.717) is 29.8 Å². The summed E-state index contributed by atoms with van der Waals surface area (Å²) in [4.78, 5) is 1.11. The maximum absolute atomic E-state index is 12.4. The van der Waals surface area contributed by atoms with Gasteiger partial charge in [0, 0.05) is 24.1 Å². The zero-order chi connectivity index (χ0) is 15.0. The third kappa shape index (κ3) is 3.80. The molecule has 0 amide bonds. The third-order valence-corrected chi connectivity index (χ3v) is 7.01. The molecule has 1 atom stereocenters. The summed E-state index contributed by atoms with van der Waals surface area (Å²) in [7, 11) is -3.53. The van der Waals surface area contributed by atoms with Crippen molar-refractivity contribution in [1.82, 2.24) is 4.72 Å². The molecule has 5 nitrogen and oxygen atoms in total. The molecular formula is C12H19BrN2O3S2. The largest absolute Gasteiger partial charge is 0.375 e. The van der Waals surface area contributed by atoms with Crippen LogP contribution in [0.3, 0.4) is 0 Å². The first-order chi connectivity index (χ1) is 9.23. The monoisotopic (exact) mass is 382 g/mol. The predicted octanol–water partition coefficient (Wildman–Crippen LogP) is 2.21. The topological polar surface area (TPSA) is 81.4 Å². The molecule has 1 aliphatic heterocycles. The molecule has 0 spiro atoms. The van der Waals surface area contributed by atoms with Gasteiger partial charge in [-0.2, -0.15) is 0 Å². The second-order valence-corrected chi connectivity index (χ2v) is 9.61. The molecule has 2 rings (SSSR count). The minimum atomic E-state index is -3.53. The summed E-state index contributed by atoms with van der Waals surface area (Å²) < 4.78 is 33.9. The Hall–Kier alpha value is 0.01000. The van der Waals surface area contributed by atoms with Crippen LogP contribution in [0, 0.1) is 0 Å². The summed E-state index contributed by atoms with van der Waals surface area (Å²) in [6.45, 7) is 4.85. The van der Waals surface area contributed by atoms with E-state index in [2.05, 4.69) is 20.7 Å². The van der Waals surface area contributed by atoms with E-state index in [0.717, 1.165) is 4.88 Å². The maximum Gasteiger partial charge on any atom is 0.242 e. The van der Waals surface area contributed by atoms with Gasteiger partial charge in [-0.3, -0.25) is 0 Å². The van der Waals surface area contributed by atoms with Gasteiger partial charge in [-0.05, 0) is 48.7 Å². The lowest BCUT2D eigenvalue weighted by molar-refractivity contribution is -0.0599. The number of rotatable bonds is 4. The molecule has 8 heteroatoms. The van der Waals surface area contributed by atoms with Crippen molar-refractivity contribution in [2.24, 2.45) is 5.73 Å². The van der Waals surface area contributed by atoms with Crippen LogP contribution in [0.1, 0.15) is 31.6 Å². The van der Waals surface area contributed by atoms with E-state index < -0.39 is 10.0 Å². The quantitative estimate of drug-likeness (QED) is 0.835. The van der Waals surface area contributed by atoms with Crippen LogP contribution in [-0.2, 0) is 21.3 Å². The number of ether oxygens (including phenoxy) is 1. The highest BCUT2D eigenvalue weighted by atomic mass is 79.9. The summed E-state index contributed by atoms with van der Waals surface area (Å²) in [6, 6.07) is 1.53. The summed E-state index contributed by atoms with van der Waals surface area (Å²) in [5.74, 6) is 0. The van der Waals surface area contributed by atoms with Gasteiger partial charge < -0.3 is 10.5 Å². The normalized spacial score (nSPS) is 22.9. The molecule has 1 aromatic rings. The van der Waals surface area contributed by atoms with Crippen molar-refractivity contribution in [3.63, 3.8) is 0 Å². The van der Waals surface area contributed by atoms with Gasteiger partial charge in [0.15, 0.2) is 0 Å². The zero-order valence-electron chi connectivity index (χ0n) is 11.5. The second-order valence-electron chi connectivity index (χ2n) is 5.47. The van der Waals surface area contributed by atoms with Crippen LogP contribution in [0.25, 0.3) is 0 Å². The van der Waals surface area contributed by atoms with E-state index in [1.54, 1.807) is 6.07 Å². The molecule has 1 aromatic heterocycles. The zero-order valence-corrected chi connectivity index (χ0v) is 14.7. The summed E-state index contributed by atoms with van der Waals surface area (Å²) in [5.41, 5.74) is 5.26. The van der Waals surface area contributed by atoms with Crippen molar-refractivity contribution >= 4 is 37.3 Å². The molecule has 0 bridgehead atoms. The molecular weight excluding hydrogens is 364 g/mol. The van der Waals surface area contributed by atoms with Gasteiger partial charge in [0.2, 0.25) is 10.0 Å². The summed E-state index contributed by atoms with van der Waals surface area (Å²) in [5, 5.41) is 0. The lowest BCUT2D eigenvalue weighted by Gasteiger charge is -2.35. The van der Waals surface area contributed by atoms with Gasteiger partial charge in [-0.15, -0.1) is 11.3 Å². The Morgan fingerprint density at radius 2 is 2.30 bits per heavy atom. The number of hydrogen-bond donors (Lipinski definition) is 2. The number of halogens is 1. The van der Waals surface area contributed by atoms with Gasteiger partial charge in [0.1, 0.15) is 4.90 Å². The number of nitrogens with two attached hydrogens (primary N) is 1. The van der Waals surface area contributed by atoms with Crippen LogP contribution in [0.15, 0.2) is 14.7 Å². The van der Waals surface area contributed by atoms with E-state index in [4.69, 9.17) is 10.5 Å². The minimum Gasteiger partial charge on any atom is -0.375 e. The molecule has 3 N–H and O–H groups in total. The molecule has 0 aliphatic carbocycles. The molecule has 0 saturated carbocycles. The molecule has 0 aromatic carbocycles. The fraction of sp³-hybridized carbons (Fsp3) is 0.667. The lowest BCUT2D eigenvalue weighted by atomic mass is 9.95. The Labute approximate surface area is 132 Å². The highest BCUT2D eigenvalue weighted by Gasteiger charge is 2.32. The van der Waals surface area contributed by atoms with Crippen LogP contribution in [0.5, 0.6) is 0 Å². The van der Waals surface area contributed by atoms with E-state index in [-0.39, 0.29) is 16.5 Å². The highest BCUT2D eigenvalue weighted by Crippen LogP contribution is 2.32. The van der Waals surface area contributed by atoms with Gasteiger partial charge in [0.05, 0.1) is 9.39 Å². The van der Waals surface area contributed by atoms with Crippen molar-refractivity contribution < 1.29 is 13.2 Å². The van der Waals surface area contributed by atoms with Crippen LogP contribution in [0.2, 0.25) is 0 Å². The Balaban J connectivity index is 2.16. The molecule has 0 radical (unpaired) electrons. The second kappa shape index (κ2) is 6.02. The molecule has 20 heavy (non-hydrogen) atoms. The Morgan fingerprint density at radius 3 is 2.85 bits per heavy atom. The van der Waals surface area contributed by atoms with Crippen LogP contribution >= 0.6 is 27.3 Å². The van der Waals surface area contributed by atoms with Gasteiger partial charge in [-0.1, -0.05) is 0 Å². The van der Waals surface area contributed by atoms with Gasteiger partial charge in [0.25, 0.3) is 0 Å². The van der Waals surface area contributed by atoms with E-state index in [1.807, 2.05) is 13.8 Å². The molecule has 1 saturated heterocycles. The molecule has 114 valence electrons. The van der Waals surface area contributed by atoms with Crippen molar-refractivity contribution in [1.29, 1.82) is 0 Å². The lowest BCUT2D eigenvalue weighted by Crippen LogP contribution is -2.45. The summed E-state index contributed by atoms with van der Waals surface area (Å²) >= 11 is 4.65. The Bertz CT molecular complexity index is 584. The highest BCUT2D eigenvalue weighted by molar-refractivity contribution is 9.11. The first-order valence-electron chi connectivity index (χ1n) is 6.38. The van der Waals surface area contributed by atoms with Crippen LogP contribution in [0.4, 0.5) is 0 Å². The number of thiophene rings is 1. The average Bonchev–Trinajstić information content (AvgIpc) is 2.69. The molecule has 2 heterocycles. The van der Waals surface area contributed by atoms with E-state index >= 15 is 0 Å². The Kier molecular flexibility index (Phi) is 4.93. The Morgan fingerprint density at radius 1 is 1.60 bits per heavy atom. The van der Waals surface area contributed by atoms with Crippen LogP contribution < -0.4 is 10.5 Å². The van der Waals surface area contributed by atoms with E-state index in [1.165, 1.54) is 11.3 Å². The fourth-order valence-corrected chi connectivity index (χ4v) is 6.13. The smallest absolute Gasteiger partial charge is 0.242 e. The predicted molar refractivity (Wildman–Crippen MR) is 83.3 cm³/mol. The first kappa shape index (κ1) is 16.4. The summed E-state index contributed by atoms with van der Waals surface area (Å²) in [6.07, 6.45) is 1.35. The number of nitrogens with one attached hydrogen (secondary N) is 1. The standard InChI is InChI=1S/C12H19BrN2O3S2/c1-12(2)6-8(3-4-18-12)15-20(16,17)10-5-9(7-14)19-11(10)13/h5,8,15H,3-4,6-7,14H2,1-2H3. The van der Waals surface area contributed by atoms with Gasteiger partial charge >= 0.3 is 0 Å². The maximum atomic E-state index is 12.4. The number of sulfonamides is 1. The first-order valence-corrected chi connectivity index (χ1v) is 9.47. The molecule has 1 aliphatic rings. The minimum absolute atomic E-state index is 0.100. The SMILES string of the molecule is CC1(C)CC(NS(=O)(=O)c2cc(CN)sc2Br)CCO1. The third-order valence-electron chi connectivity index (χ3n) is 3.22. The average molecular weight is 383 g/mol. The molecule has 1 fully saturated rings. The molecule has 1 unspecified atom stereocenters. The van der Waals surface area contributed by atoms with Crippen molar-refractivity contribution in [2.75, 3.05) is 6.61 Å². The number of hydrogen-bond acceptors (Lipinski definition) is 5. The fourth-order valence-electron chi connectivity index (χ4n) is 2.30. The van der Waals surface area contributed by atoms with Gasteiger partial charge in [-0.25, -0.2) is 13.1 Å².